The van der Waals surface area contributed by atoms with Crippen LogP contribution < -0.4 is 0 Å². The summed E-state index contributed by atoms with van der Waals surface area (Å²) in [5.74, 6) is 0. The maximum atomic E-state index is 5.65. The summed E-state index contributed by atoms with van der Waals surface area (Å²) in [6.07, 6.45) is 1.64. The second-order valence-electron chi connectivity index (χ2n) is 1.43. The smallest absolute Gasteiger partial charge is 0.114 e. The highest BCUT2D eigenvalue weighted by molar-refractivity contribution is 14.1. The van der Waals surface area contributed by atoms with Gasteiger partial charge in [0.2, 0.25) is 0 Å². The van der Waals surface area contributed by atoms with E-state index in [9.17, 15) is 0 Å². The Morgan fingerprint density at radius 3 is 2.56 bits per heavy atom. The van der Waals surface area contributed by atoms with Gasteiger partial charge in [0, 0.05) is 9.77 Å². The van der Waals surface area contributed by atoms with Crippen LogP contribution in [0.15, 0.2) is 12.3 Å². The molecule has 1 aromatic rings. The van der Waals surface area contributed by atoms with Gasteiger partial charge >= 0.3 is 0 Å². The van der Waals surface area contributed by atoms with Crippen molar-refractivity contribution in [1.29, 1.82) is 0 Å². The summed E-state index contributed by atoms with van der Waals surface area (Å²) in [5.41, 5.74) is 0. The minimum Gasteiger partial charge on any atom is -0.248 e. The van der Waals surface area contributed by atoms with Gasteiger partial charge in [-0.1, -0.05) is 11.6 Å². The number of aromatic nitrogens is 1. The predicted molar refractivity (Wildman–Crippen MR) is 54.7 cm³/mol. The van der Waals surface area contributed by atoms with Crippen LogP contribution in [0.3, 0.4) is 0 Å². The Bertz CT molecular complexity index is 226. The molecule has 1 heterocycles. The van der Waals surface area contributed by atoms with Crippen molar-refractivity contribution in [1.82, 2.24) is 4.98 Å². The molecule has 0 amide bonds. The van der Waals surface area contributed by atoms with Gasteiger partial charge in [-0.2, -0.15) is 0 Å². The maximum absolute atomic E-state index is 5.65. The largest absolute Gasteiger partial charge is 0.248 e. The molecule has 0 bridgehead atoms. The van der Waals surface area contributed by atoms with Gasteiger partial charge < -0.3 is 0 Å². The zero-order valence-corrected chi connectivity index (χ0v) is 9.31. The van der Waals surface area contributed by atoms with Crippen molar-refractivity contribution in [3.8, 4) is 0 Å². The third-order valence-electron chi connectivity index (χ3n) is 0.763. The first kappa shape index (κ1) is 8.00. The van der Waals surface area contributed by atoms with Gasteiger partial charge in [-0.3, -0.25) is 0 Å². The molecular formula is C5H2ClI2N. The summed E-state index contributed by atoms with van der Waals surface area (Å²) in [7, 11) is 0. The molecule has 0 aliphatic heterocycles. The summed E-state index contributed by atoms with van der Waals surface area (Å²) in [5, 5.41) is 0.694. The Morgan fingerprint density at radius 2 is 2.11 bits per heavy atom. The Balaban J connectivity index is 3.17. The van der Waals surface area contributed by atoms with E-state index in [0.717, 1.165) is 7.27 Å². The van der Waals surface area contributed by atoms with Crippen molar-refractivity contribution in [2.24, 2.45) is 0 Å². The number of rotatable bonds is 0. The molecule has 9 heavy (non-hydrogen) atoms. The van der Waals surface area contributed by atoms with Crippen LogP contribution in [0.25, 0.3) is 0 Å². The first-order chi connectivity index (χ1) is 4.20. The Labute approximate surface area is 85.5 Å². The molecule has 0 fully saturated rings. The lowest BCUT2D eigenvalue weighted by Crippen LogP contribution is -1.82. The molecule has 0 radical (unpaired) electrons. The quantitative estimate of drug-likeness (QED) is 0.509. The van der Waals surface area contributed by atoms with Crippen LogP contribution in [0, 0.1) is 7.27 Å². The number of hydrogen-bond donors (Lipinski definition) is 0. The van der Waals surface area contributed by atoms with Crippen molar-refractivity contribution in [2.45, 2.75) is 0 Å². The van der Waals surface area contributed by atoms with Crippen molar-refractivity contribution in [3.05, 3.63) is 24.6 Å². The van der Waals surface area contributed by atoms with Gasteiger partial charge in [0.25, 0.3) is 0 Å². The summed E-state index contributed by atoms with van der Waals surface area (Å²) < 4.78 is 2.10. The van der Waals surface area contributed by atoms with Crippen LogP contribution in [0.5, 0.6) is 0 Å². The lowest BCUT2D eigenvalue weighted by atomic mass is 10.5. The van der Waals surface area contributed by atoms with E-state index in [0.29, 0.717) is 5.02 Å². The van der Waals surface area contributed by atoms with Crippen molar-refractivity contribution >= 4 is 56.8 Å². The fraction of sp³-hybridized carbons (Fsp3) is 0. The monoisotopic (exact) mass is 365 g/mol. The first-order valence-electron chi connectivity index (χ1n) is 2.16. The van der Waals surface area contributed by atoms with Crippen LogP contribution in [0.1, 0.15) is 0 Å². The van der Waals surface area contributed by atoms with E-state index in [2.05, 4.69) is 50.2 Å². The van der Waals surface area contributed by atoms with Crippen molar-refractivity contribution < 1.29 is 0 Å². The summed E-state index contributed by atoms with van der Waals surface area (Å²) >= 11 is 10.0. The van der Waals surface area contributed by atoms with E-state index in [1.165, 1.54) is 0 Å². The molecule has 1 aromatic heterocycles. The Morgan fingerprint density at radius 1 is 1.44 bits per heavy atom. The number of nitrogens with zero attached hydrogens (tertiary/aromatic N) is 1. The van der Waals surface area contributed by atoms with Gasteiger partial charge in [-0.25, -0.2) is 4.98 Å². The Kier molecular flexibility index (Phi) is 2.97. The molecule has 0 spiro atoms. The van der Waals surface area contributed by atoms with Gasteiger partial charge in [0.15, 0.2) is 0 Å². The van der Waals surface area contributed by atoms with E-state index in [-0.39, 0.29) is 0 Å². The summed E-state index contributed by atoms with van der Waals surface area (Å²) in [6, 6.07) is 1.89. The second kappa shape index (κ2) is 3.34. The van der Waals surface area contributed by atoms with Gasteiger partial charge in [-0.15, -0.1) is 0 Å². The third-order valence-corrected chi connectivity index (χ3v) is 3.68. The molecule has 1 rings (SSSR count). The zero-order valence-electron chi connectivity index (χ0n) is 4.24. The highest BCUT2D eigenvalue weighted by Crippen LogP contribution is 2.16. The molecule has 0 N–H and O–H groups in total. The molecule has 0 atom stereocenters. The summed E-state index contributed by atoms with van der Waals surface area (Å²) in [4.78, 5) is 4.03. The molecule has 0 aliphatic rings. The second-order valence-corrected chi connectivity index (χ2v) is 4.05. The topological polar surface area (TPSA) is 12.9 Å². The minimum absolute atomic E-state index is 0.694. The molecule has 0 saturated heterocycles. The molecule has 0 unspecified atom stereocenters. The average Bonchev–Trinajstić information content (AvgIpc) is 1.80. The fourth-order valence-electron chi connectivity index (χ4n) is 0.398. The van der Waals surface area contributed by atoms with Crippen LogP contribution in [0.2, 0.25) is 5.02 Å². The predicted octanol–water partition coefficient (Wildman–Crippen LogP) is 2.94. The van der Waals surface area contributed by atoms with Gasteiger partial charge in [-0.05, 0) is 51.2 Å². The maximum Gasteiger partial charge on any atom is 0.114 e. The highest BCUT2D eigenvalue weighted by atomic mass is 127. The standard InChI is InChI=1S/C5H2ClI2N/c6-3-1-4(7)5(8)9-2-3/h1-2H. The first-order valence-corrected chi connectivity index (χ1v) is 4.70. The van der Waals surface area contributed by atoms with Gasteiger partial charge in [0.1, 0.15) is 3.70 Å². The van der Waals surface area contributed by atoms with E-state index in [1.807, 2.05) is 6.07 Å². The van der Waals surface area contributed by atoms with Crippen LogP contribution >= 0.6 is 56.8 Å². The molecule has 48 valence electrons. The molecule has 0 saturated carbocycles. The van der Waals surface area contributed by atoms with Crippen molar-refractivity contribution in [2.75, 3.05) is 0 Å². The van der Waals surface area contributed by atoms with Crippen molar-refractivity contribution in [3.63, 3.8) is 0 Å². The number of pyridine rings is 1. The SMILES string of the molecule is Clc1cnc(I)c(I)c1. The fourth-order valence-corrected chi connectivity index (χ4v) is 1.51. The normalized spacial score (nSPS) is 9.67. The Hall–Kier alpha value is 0.900. The molecule has 4 heteroatoms. The molecule has 0 aromatic carbocycles. The van der Waals surface area contributed by atoms with E-state index < -0.39 is 0 Å². The van der Waals surface area contributed by atoms with Crippen LogP contribution in [-0.4, -0.2) is 4.98 Å². The lowest BCUT2D eigenvalue weighted by Gasteiger charge is -1.92. The third kappa shape index (κ3) is 2.19. The summed E-state index contributed by atoms with van der Waals surface area (Å²) in [6.45, 7) is 0. The number of hydrogen-bond acceptors (Lipinski definition) is 1. The highest BCUT2D eigenvalue weighted by Gasteiger charge is 1.95. The van der Waals surface area contributed by atoms with E-state index >= 15 is 0 Å². The molecule has 0 aliphatic carbocycles. The zero-order chi connectivity index (χ0) is 6.85. The molecule has 1 nitrogen and oxygen atoms in total. The minimum atomic E-state index is 0.694. The van der Waals surface area contributed by atoms with E-state index in [1.54, 1.807) is 6.20 Å². The average molecular weight is 365 g/mol. The van der Waals surface area contributed by atoms with Gasteiger partial charge in [0.05, 0.1) is 5.02 Å². The van der Waals surface area contributed by atoms with E-state index in [4.69, 9.17) is 11.6 Å². The molecular weight excluding hydrogens is 363 g/mol. The number of halogens is 3. The van der Waals surface area contributed by atoms with Crippen LogP contribution in [0.4, 0.5) is 0 Å². The van der Waals surface area contributed by atoms with Crippen LogP contribution in [-0.2, 0) is 0 Å². The lowest BCUT2D eigenvalue weighted by molar-refractivity contribution is 1.25.